The van der Waals surface area contributed by atoms with E-state index < -0.39 is 0 Å². The maximum atomic E-state index is 5.95. The van der Waals surface area contributed by atoms with Crippen molar-refractivity contribution in [2.45, 2.75) is 13.1 Å². The smallest absolute Gasteiger partial charge is 0.0595 e. The first-order chi connectivity index (χ1) is 8.15. The Hall–Kier alpha value is -0.0600. The standard InChI is InChI=1S/C12H10BrCl2NS/c13-9-4-10(17-7-9)6-16-5-8-1-2-11(14)12(15)3-8/h1-4,7,16H,5-6H2. The molecular weight excluding hydrogens is 341 g/mol. The van der Waals surface area contributed by atoms with Gasteiger partial charge in [0.05, 0.1) is 10.0 Å². The predicted molar refractivity (Wildman–Crippen MR) is 79.0 cm³/mol. The summed E-state index contributed by atoms with van der Waals surface area (Å²) in [6.07, 6.45) is 0. The average molecular weight is 351 g/mol. The van der Waals surface area contributed by atoms with E-state index in [0.29, 0.717) is 10.0 Å². The Kier molecular flexibility index (Phi) is 4.88. The molecule has 0 saturated heterocycles. The van der Waals surface area contributed by atoms with Crippen molar-refractivity contribution in [2.75, 3.05) is 0 Å². The monoisotopic (exact) mass is 349 g/mol. The van der Waals surface area contributed by atoms with E-state index in [-0.39, 0.29) is 0 Å². The van der Waals surface area contributed by atoms with E-state index in [0.717, 1.165) is 23.1 Å². The zero-order valence-corrected chi connectivity index (χ0v) is 12.8. The first-order valence-electron chi connectivity index (χ1n) is 5.03. The van der Waals surface area contributed by atoms with Gasteiger partial charge in [-0.15, -0.1) is 11.3 Å². The number of hydrogen-bond donors (Lipinski definition) is 1. The normalized spacial score (nSPS) is 10.8. The fourth-order valence-electron chi connectivity index (χ4n) is 1.43. The van der Waals surface area contributed by atoms with Crippen LogP contribution in [-0.4, -0.2) is 0 Å². The summed E-state index contributed by atoms with van der Waals surface area (Å²) in [6.45, 7) is 1.64. The van der Waals surface area contributed by atoms with Crippen LogP contribution >= 0.6 is 50.5 Å². The van der Waals surface area contributed by atoms with Crippen molar-refractivity contribution < 1.29 is 0 Å². The van der Waals surface area contributed by atoms with Crippen molar-refractivity contribution in [1.29, 1.82) is 0 Å². The Bertz CT molecular complexity index is 513. The molecule has 1 nitrogen and oxygen atoms in total. The lowest BCUT2D eigenvalue weighted by Gasteiger charge is -2.04. The SMILES string of the molecule is Clc1ccc(CNCc2cc(Br)cs2)cc1Cl. The van der Waals surface area contributed by atoms with Gasteiger partial charge in [-0.3, -0.25) is 0 Å². The van der Waals surface area contributed by atoms with Gasteiger partial charge >= 0.3 is 0 Å². The van der Waals surface area contributed by atoms with Crippen LogP contribution < -0.4 is 5.32 Å². The Labute approximate surface area is 123 Å². The zero-order chi connectivity index (χ0) is 12.3. The van der Waals surface area contributed by atoms with Gasteiger partial charge in [0.1, 0.15) is 0 Å². The second-order valence-electron chi connectivity index (χ2n) is 3.58. The lowest BCUT2D eigenvalue weighted by Crippen LogP contribution is -2.11. The van der Waals surface area contributed by atoms with Crippen molar-refractivity contribution in [2.24, 2.45) is 0 Å². The molecule has 1 aromatic heterocycles. The van der Waals surface area contributed by atoms with Crippen LogP contribution in [0, 0.1) is 0 Å². The number of hydrogen-bond acceptors (Lipinski definition) is 2. The number of benzene rings is 1. The topological polar surface area (TPSA) is 12.0 Å². The van der Waals surface area contributed by atoms with E-state index in [1.165, 1.54) is 4.88 Å². The van der Waals surface area contributed by atoms with Crippen LogP contribution in [-0.2, 0) is 13.1 Å². The van der Waals surface area contributed by atoms with Gasteiger partial charge in [0.15, 0.2) is 0 Å². The first kappa shape index (κ1) is 13.4. The number of nitrogens with one attached hydrogen (secondary N) is 1. The second-order valence-corrected chi connectivity index (χ2v) is 6.31. The summed E-state index contributed by atoms with van der Waals surface area (Å²) in [5.41, 5.74) is 1.13. The highest BCUT2D eigenvalue weighted by molar-refractivity contribution is 9.10. The minimum absolute atomic E-state index is 0.595. The fraction of sp³-hybridized carbons (Fsp3) is 0.167. The van der Waals surface area contributed by atoms with E-state index in [2.05, 4.69) is 32.7 Å². The molecule has 0 bridgehead atoms. The summed E-state index contributed by atoms with van der Waals surface area (Å²) in [6, 6.07) is 7.81. The summed E-state index contributed by atoms with van der Waals surface area (Å²) in [5.74, 6) is 0. The van der Waals surface area contributed by atoms with Crippen LogP contribution in [0.1, 0.15) is 10.4 Å². The predicted octanol–water partition coefficient (Wildman–Crippen LogP) is 5.11. The van der Waals surface area contributed by atoms with Gasteiger partial charge in [0, 0.05) is 27.8 Å². The third kappa shape index (κ3) is 3.97. The summed E-state index contributed by atoms with van der Waals surface area (Å²) >= 11 is 17.0. The van der Waals surface area contributed by atoms with Gasteiger partial charge in [-0.2, -0.15) is 0 Å². The van der Waals surface area contributed by atoms with Crippen molar-refractivity contribution in [3.63, 3.8) is 0 Å². The van der Waals surface area contributed by atoms with Crippen LogP contribution in [0.2, 0.25) is 10.0 Å². The van der Waals surface area contributed by atoms with Gasteiger partial charge in [0.25, 0.3) is 0 Å². The molecule has 0 saturated carbocycles. The lowest BCUT2D eigenvalue weighted by atomic mass is 10.2. The van der Waals surface area contributed by atoms with E-state index in [1.54, 1.807) is 11.3 Å². The van der Waals surface area contributed by atoms with Crippen molar-refractivity contribution in [3.05, 3.63) is 54.6 Å². The van der Waals surface area contributed by atoms with Gasteiger partial charge in [0.2, 0.25) is 0 Å². The maximum Gasteiger partial charge on any atom is 0.0595 e. The van der Waals surface area contributed by atoms with Gasteiger partial charge in [-0.1, -0.05) is 29.3 Å². The van der Waals surface area contributed by atoms with Crippen LogP contribution in [0.25, 0.3) is 0 Å². The Morgan fingerprint density at radius 3 is 2.59 bits per heavy atom. The van der Waals surface area contributed by atoms with Crippen LogP contribution in [0.5, 0.6) is 0 Å². The Morgan fingerprint density at radius 2 is 1.94 bits per heavy atom. The minimum atomic E-state index is 0.595. The molecule has 1 aromatic carbocycles. The van der Waals surface area contributed by atoms with Gasteiger partial charge in [-0.25, -0.2) is 0 Å². The summed E-state index contributed by atoms with van der Waals surface area (Å²) < 4.78 is 1.13. The van der Waals surface area contributed by atoms with Crippen molar-refractivity contribution in [3.8, 4) is 0 Å². The molecule has 2 aromatic rings. The molecule has 2 rings (SSSR count). The maximum absolute atomic E-state index is 5.95. The number of thiophene rings is 1. The molecule has 0 spiro atoms. The van der Waals surface area contributed by atoms with E-state index in [9.17, 15) is 0 Å². The molecule has 0 aliphatic carbocycles. The highest BCUT2D eigenvalue weighted by Gasteiger charge is 2.00. The van der Waals surface area contributed by atoms with Gasteiger partial charge < -0.3 is 5.32 Å². The van der Waals surface area contributed by atoms with Crippen LogP contribution in [0.15, 0.2) is 34.1 Å². The summed E-state index contributed by atoms with van der Waals surface area (Å²) in [7, 11) is 0. The fourth-order valence-corrected chi connectivity index (χ4v) is 3.17. The third-order valence-corrected chi connectivity index (χ3v) is 4.67. The van der Waals surface area contributed by atoms with Gasteiger partial charge in [-0.05, 0) is 39.7 Å². The quantitative estimate of drug-likeness (QED) is 0.808. The highest BCUT2D eigenvalue weighted by Crippen LogP contribution is 2.23. The average Bonchev–Trinajstić information content (AvgIpc) is 2.70. The molecule has 0 atom stereocenters. The lowest BCUT2D eigenvalue weighted by molar-refractivity contribution is 0.701. The number of rotatable bonds is 4. The molecule has 1 heterocycles. The largest absolute Gasteiger partial charge is 0.308 e. The van der Waals surface area contributed by atoms with Crippen molar-refractivity contribution >= 4 is 50.5 Å². The summed E-state index contributed by atoms with van der Waals surface area (Å²) in [5, 5.41) is 6.64. The molecule has 0 radical (unpaired) electrons. The Balaban J connectivity index is 1.87. The molecule has 1 N–H and O–H groups in total. The molecule has 90 valence electrons. The molecule has 0 unspecified atom stereocenters. The molecular formula is C12H10BrCl2NS. The number of halogens is 3. The minimum Gasteiger partial charge on any atom is -0.308 e. The van der Waals surface area contributed by atoms with E-state index in [1.807, 2.05) is 18.2 Å². The third-order valence-electron chi connectivity index (χ3n) is 2.23. The molecule has 0 amide bonds. The van der Waals surface area contributed by atoms with E-state index in [4.69, 9.17) is 23.2 Å². The Morgan fingerprint density at radius 1 is 1.12 bits per heavy atom. The zero-order valence-electron chi connectivity index (χ0n) is 8.84. The van der Waals surface area contributed by atoms with Crippen LogP contribution in [0.3, 0.4) is 0 Å². The molecule has 17 heavy (non-hydrogen) atoms. The molecule has 5 heteroatoms. The van der Waals surface area contributed by atoms with Crippen LogP contribution in [0.4, 0.5) is 0 Å². The first-order valence-corrected chi connectivity index (χ1v) is 7.45. The van der Waals surface area contributed by atoms with E-state index >= 15 is 0 Å². The summed E-state index contributed by atoms with van der Waals surface area (Å²) in [4.78, 5) is 1.30. The van der Waals surface area contributed by atoms with Crippen molar-refractivity contribution in [1.82, 2.24) is 5.32 Å². The molecule has 0 aliphatic heterocycles. The second kappa shape index (κ2) is 6.21. The molecule has 0 aliphatic rings. The highest BCUT2D eigenvalue weighted by atomic mass is 79.9. The molecule has 0 fully saturated rings.